The van der Waals surface area contributed by atoms with Crippen molar-refractivity contribution in [2.24, 2.45) is 5.73 Å². The number of benzene rings is 1. The van der Waals surface area contributed by atoms with Crippen LogP contribution in [0.3, 0.4) is 0 Å². The molecule has 0 bridgehead atoms. The third kappa shape index (κ3) is 2.56. The van der Waals surface area contributed by atoms with Crippen LogP contribution in [0.4, 0.5) is 4.39 Å². The molecule has 0 fully saturated rings. The Morgan fingerprint density at radius 3 is 2.76 bits per heavy atom. The Bertz CT molecular complexity index is 401. The maximum atomic E-state index is 14.0. The van der Waals surface area contributed by atoms with Crippen molar-refractivity contribution in [3.63, 3.8) is 0 Å². The quantitative estimate of drug-likeness (QED) is 0.899. The van der Waals surface area contributed by atoms with Crippen molar-refractivity contribution in [2.45, 2.75) is 6.42 Å². The summed E-state index contributed by atoms with van der Waals surface area (Å²) in [6.07, 6.45) is 0.408. The van der Waals surface area contributed by atoms with Crippen LogP contribution in [0.1, 0.15) is 5.56 Å². The monoisotopic (exact) mass is 263 g/mol. The molecule has 17 heavy (non-hydrogen) atoms. The first-order chi connectivity index (χ1) is 7.77. The van der Waals surface area contributed by atoms with E-state index in [0.29, 0.717) is 43.2 Å². The van der Waals surface area contributed by atoms with Crippen LogP contribution in [0.25, 0.3) is 0 Å². The van der Waals surface area contributed by atoms with Gasteiger partial charge in [0, 0.05) is 11.6 Å². The second-order valence-corrected chi connectivity index (χ2v) is 3.43. The van der Waals surface area contributed by atoms with Crippen molar-refractivity contribution in [1.82, 2.24) is 0 Å². The maximum Gasteiger partial charge on any atom is 0.197 e. The number of halogens is 2. The molecular formula is C11H15ClFNO3. The van der Waals surface area contributed by atoms with Gasteiger partial charge in [-0.3, -0.25) is 0 Å². The molecule has 0 radical (unpaired) electrons. The Morgan fingerprint density at radius 2 is 2.12 bits per heavy atom. The second kappa shape index (κ2) is 5.93. The summed E-state index contributed by atoms with van der Waals surface area (Å²) in [7, 11) is 1.49. The molecule has 1 aliphatic rings. The van der Waals surface area contributed by atoms with Gasteiger partial charge in [0.1, 0.15) is 19.0 Å². The fourth-order valence-electron chi connectivity index (χ4n) is 1.72. The lowest BCUT2D eigenvalue weighted by Crippen LogP contribution is -2.18. The molecule has 0 aliphatic carbocycles. The largest absolute Gasteiger partial charge is 0.496 e. The van der Waals surface area contributed by atoms with Gasteiger partial charge in [-0.25, -0.2) is 4.39 Å². The van der Waals surface area contributed by atoms with Crippen molar-refractivity contribution in [3.05, 3.63) is 17.4 Å². The molecule has 0 aromatic heterocycles. The number of hydrogen-bond acceptors (Lipinski definition) is 4. The third-order valence-electron chi connectivity index (χ3n) is 2.45. The summed E-state index contributed by atoms with van der Waals surface area (Å²) < 4.78 is 29.7. The van der Waals surface area contributed by atoms with E-state index in [9.17, 15) is 4.39 Å². The molecule has 96 valence electrons. The highest BCUT2D eigenvalue weighted by molar-refractivity contribution is 5.85. The molecule has 2 rings (SSSR count). The lowest BCUT2D eigenvalue weighted by atomic mass is 10.1. The fraction of sp³-hybridized carbons (Fsp3) is 0.455. The van der Waals surface area contributed by atoms with Crippen molar-refractivity contribution < 1.29 is 18.6 Å². The lowest BCUT2D eigenvalue weighted by molar-refractivity contribution is 0.163. The van der Waals surface area contributed by atoms with Gasteiger partial charge in [-0.05, 0) is 13.0 Å². The molecule has 1 aromatic carbocycles. The number of methoxy groups -OCH3 is 1. The van der Waals surface area contributed by atoms with Crippen LogP contribution in [0.15, 0.2) is 6.07 Å². The van der Waals surface area contributed by atoms with Crippen molar-refractivity contribution in [1.29, 1.82) is 0 Å². The van der Waals surface area contributed by atoms with Crippen molar-refractivity contribution >= 4 is 12.4 Å². The lowest BCUT2D eigenvalue weighted by Gasteiger charge is -2.21. The van der Waals surface area contributed by atoms with Gasteiger partial charge < -0.3 is 19.9 Å². The first kappa shape index (κ1) is 13.9. The predicted molar refractivity (Wildman–Crippen MR) is 63.9 cm³/mol. The zero-order chi connectivity index (χ0) is 11.5. The summed E-state index contributed by atoms with van der Waals surface area (Å²) in [5, 5.41) is 0. The summed E-state index contributed by atoms with van der Waals surface area (Å²) in [6.45, 7) is 1.14. The average molecular weight is 264 g/mol. The molecule has 0 saturated heterocycles. The summed E-state index contributed by atoms with van der Waals surface area (Å²) in [5.74, 6) is 0.573. The number of nitrogens with two attached hydrogens (primary N) is 1. The van der Waals surface area contributed by atoms with Gasteiger partial charge in [0.05, 0.1) is 7.11 Å². The minimum Gasteiger partial charge on any atom is -0.496 e. The van der Waals surface area contributed by atoms with Gasteiger partial charge in [0.15, 0.2) is 17.3 Å². The Hall–Kier alpha value is -1.20. The molecule has 1 aromatic rings. The molecule has 4 nitrogen and oxygen atoms in total. The normalized spacial score (nSPS) is 12.9. The summed E-state index contributed by atoms with van der Waals surface area (Å²) >= 11 is 0. The van der Waals surface area contributed by atoms with Crippen molar-refractivity contribution in [2.75, 3.05) is 26.9 Å². The van der Waals surface area contributed by atoms with Gasteiger partial charge in [0.25, 0.3) is 0 Å². The smallest absolute Gasteiger partial charge is 0.197 e. The van der Waals surface area contributed by atoms with E-state index in [2.05, 4.69) is 0 Å². The molecule has 0 spiro atoms. The highest BCUT2D eigenvalue weighted by atomic mass is 35.5. The number of hydrogen-bond donors (Lipinski definition) is 1. The highest BCUT2D eigenvalue weighted by Gasteiger charge is 2.23. The zero-order valence-electron chi connectivity index (χ0n) is 9.49. The molecule has 0 amide bonds. The van der Waals surface area contributed by atoms with E-state index >= 15 is 0 Å². The fourth-order valence-corrected chi connectivity index (χ4v) is 1.72. The van der Waals surface area contributed by atoms with Crippen LogP contribution in [-0.2, 0) is 6.42 Å². The Balaban J connectivity index is 0.00000144. The number of fused-ring (bicyclic) bond motifs is 1. The minimum atomic E-state index is -0.431. The van der Waals surface area contributed by atoms with E-state index < -0.39 is 5.82 Å². The van der Waals surface area contributed by atoms with Crippen LogP contribution in [-0.4, -0.2) is 26.9 Å². The number of rotatable bonds is 3. The molecule has 0 saturated carbocycles. The predicted octanol–water partition coefficient (Wildman–Crippen LogP) is 1.53. The Morgan fingerprint density at radius 1 is 1.41 bits per heavy atom. The summed E-state index contributed by atoms with van der Waals surface area (Å²) in [6, 6.07) is 1.64. The molecule has 0 unspecified atom stereocenters. The van der Waals surface area contributed by atoms with E-state index in [1.807, 2.05) is 0 Å². The van der Waals surface area contributed by atoms with Crippen LogP contribution < -0.4 is 19.9 Å². The average Bonchev–Trinajstić information content (AvgIpc) is 2.33. The van der Waals surface area contributed by atoms with Gasteiger partial charge in [-0.1, -0.05) is 0 Å². The highest BCUT2D eigenvalue weighted by Crippen LogP contribution is 2.40. The van der Waals surface area contributed by atoms with E-state index in [4.69, 9.17) is 19.9 Å². The Kier molecular flexibility index (Phi) is 4.84. The van der Waals surface area contributed by atoms with Crippen LogP contribution in [0, 0.1) is 5.82 Å². The second-order valence-electron chi connectivity index (χ2n) is 3.43. The molecule has 6 heteroatoms. The zero-order valence-corrected chi connectivity index (χ0v) is 10.3. The maximum absolute atomic E-state index is 14.0. The minimum absolute atomic E-state index is 0. The first-order valence-electron chi connectivity index (χ1n) is 5.13. The van der Waals surface area contributed by atoms with Crippen molar-refractivity contribution in [3.8, 4) is 17.2 Å². The van der Waals surface area contributed by atoms with Crippen LogP contribution in [0.2, 0.25) is 0 Å². The topological polar surface area (TPSA) is 53.7 Å². The van der Waals surface area contributed by atoms with E-state index in [-0.39, 0.29) is 18.2 Å². The van der Waals surface area contributed by atoms with Crippen LogP contribution >= 0.6 is 12.4 Å². The molecule has 1 aliphatic heterocycles. The SMILES string of the molecule is COc1cc2c(c(F)c1CCN)OCCO2.Cl. The molecule has 2 N–H and O–H groups in total. The van der Waals surface area contributed by atoms with Gasteiger partial charge in [-0.2, -0.15) is 0 Å². The summed E-state index contributed by atoms with van der Waals surface area (Å²) in [4.78, 5) is 0. The first-order valence-corrected chi connectivity index (χ1v) is 5.13. The third-order valence-corrected chi connectivity index (χ3v) is 2.45. The summed E-state index contributed by atoms with van der Waals surface area (Å²) in [5.41, 5.74) is 5.87. The van der Waals surface area contributed by atoms with E-state index in [0.717, 1.165) is 0 Å². The van der Waals surface area contributed by atoms with Gasteiger partial charge >= 0.3 is 0 Å². The van der Waals surface area contributed by atoms with E-state index in [1.165, 1.54) is 7.11 Å². The van der Waals surface area contributed by atoms with E-state index in [1.54, 1.807) is 6.07 Å². The number of ether oxygens (including phenoxy) is 3. The Labute approximate surface area is 105 Å². The van der Waals surface area contributed by atoms with Gasteiger partial charge in [-0.15, -0.1) is 12.4 Å². The molecule has 1 heterocycles. The molecule has 0 atom stereocenters. The van der Waals surface area contributed by atoms with Gasteiger partial charge in [0.2, 0.25) is 0 Å². The molecular weight excluding hydrogens is 249 g/mol. The standard InChI is InChI=1S/C11H14FNO3.ClH/c1-14-8-6-9-11(16-5-4-15-9)10(12)7(8)2-3-13;/h6H,2-5,13H2,1H3;1H. The van der Waals surface area contributed by atoms with Crippen LogP contribution in [0.5, 0.6) is 17.2 Å².